The normalized spacial score (nSPS) is 12.4. The highest BCUT2D eigenvalue weighted by molar-refractivity contribution is 7.89. The van der Waals surface area contributed by atoms with Crippen LogP contribution in [0.3, 0.4) is 0 Å². The number of sulfonamides is 1. The molecule has 1 rings (SSSR count). The number of hydrogen-bond donors (Lipinski definition) is 0. The molecule has 0 aromatic heterocycles. The summed E-state index contributed by atoms with van der Waals surface area (Å²) in [7, 11) is 1.99. The minimum absolute atomic E-state index is 0.310. The Bertz CT molecular complexity index is 529. The third-order valence-corrected chi connectivity index (χ3v) is 5.26. The number of hydrogen-bond acceptors (Lipinski definition) is 3. The first-order valence-electron chi connectivity index (χ1n) is 6.05. The first-order chi connectivity index (χ1) is 8.78. The van der Waals surface area contributed by atoms with E-state index in [2.05, 4.69) is 0 Å². The molecule has 0 saturated heterocycles. The minimum Gasteiger partial charge on any atom is -0.308 e. The second kappa shape index (κ2) is 6.70. The van der Waals surface area contributed by atoms with Gasteiger partial charge in [-0.2, -0.15) is 4.31 Å². The fourth-order valence-corrected chi connectivity index (χ4v) is 3.23. The molecule has 4 nitrogen and oxygen atoms in total. The van der Waals surface area contributed by atoms with E-state index >= 15 is 0 Å². The number of aryl methyl sites for hydroxylation is 1. The molecule has 0 saturated carbocycles. The SMILES string of the molecule is Cc1ccc(CCl)cc1S(=O)(=O)N(C)CCN(C)C. The zero-order chi connectivity index (χ0) is 14.6. The van der Waals surface area contributed by atoms with Crippen molar-refractivity contribution in [3.05, 3.63) is 29.3 Å². The van der Waals surface area contributed by atoms with E-state index in [1.54, 1.807) is 26.1 Å². The fourth-order valence-electron chi connectivity index (χ4n) is 1.63. The smallest absolute Gasteiger partial charge is 0.243 e. The van der Waals surface area contributed by atoms with E-state index < -0.39 is 10.0 Å². The largest absolute Gasteiger partial charge is 0.308 e. The molecule has 1 aromatic rings. The zero-order valence-electron chi connectivity index (χ0n) is 11.9. The monoisotopic (exact) mass is 304 g/mol. The van der Waals surface area contributed by atoms with Gasteiger partial charge in [0.25, 0.3) is 0 Å². The maximum Gasteiger partial charge on any atom is 0.243 e. The molecular formula is C13H21ClN2O2S. The van der Waals surface area contributed by atoms with Gasteiger partial charge in [0.15, 0.2) is 0 Å². The highest BCUT2D eigenvalue weighted by Crippen LogP contribution is 2.21. The van der Waals surface area contributed by atoms with Crippen molar-refractivity contribution in [3.8, 4) is 0 Å². The van der Waals surface area contributed by atoms with Gasteiger partial charge in [-0.1, -0.05) is 12.1 Å². The Hall–Kier alpha value is -0.620. The Morgan fingerprint density at radius 2 is 1.79 bits per heavy atom. The number of nitrogens with zero attached hydrogens (tertiary/aromatic N) is 2. The second-order valence-corrected chi connectivity index (χ2v) is 7.14. The van der Waals surface area contributed by atoms with Gasteiger partial charge < -0.3 is 4.90 Å². The lowest BCUT2D eigenvalue weighted by Gasteiger charge is -2.20. The van der Waals surface area contributed by atoms with E-state index in [9.17, 15) is 8.42 Å². The molecule has 0 spiro atoms. The van der Waals surface area contributed by atoms with Gasteiger partial charge in [0, 0.05) is 26.0 Å². The summed E-state index contributed by atoms with van der Waals surface area (Å²) in [6, 6.07) is 5.30. The molecule has 0 aliphatic heterocycles. The van der Waals surface area contributed by atoms with Crippen molar-refractivity contribution in [1.82, 2.24) is 9.21 Å². The summed E-state index contributed by atoms with van der Waals surface area (Å²) in [5.74, 6) is 0.310. The highest BCUT2D eigenvalue weighted by Gasteiger charge is 2.22. The summed E-state index contributed by atoms with van der Waals surface area (Å²) in [5, 5.41) is 0. The van der Waals surface area contributed by atoms with Crippen LogP contribution in [-0.2, 0) is 15.9 Å². The van der Waals surface area contributed by atoms with Crippen LogP contribution in [0.2, 0.25) is 0 Å². The van der Waals surface area contributed by atoms with Gasteiger partial charge in [0.2, 0.25) is 10.0 Å². The number of rotatable bonds is 6. The molecule has 0 unspecified atom stereocenters. The molecule has 1 aromatic carbocycles. The van der Waals surface area contributed by atoms with Crippen LogP contribution >= 0.6 is 11.6 Å². The summed E-state index contributed by atoms with van der Waals surface area (Å²) in [5.41, 5.74) is 1.55. The summed E-state index contributed by atoms with van der Waals surface area (Å²) in [6.07, 6.45) is 0. The van der Waals surface area contributed by atoms with E-state index in [0.29, 0.717) is 23.9 Å². The van der Waals surface area contributed by atoms with E-state index in [1.807, 2.05) is 25.1 Å². The van der Waals surface area contributed by atoms with Gasteiger partial charge in [0.1, 0.15) is 0 Å². The topological polar surface area (TPSA) is 40.6 Å². The molecule has 6 heteroatoms. The first kappa shape index (κ1) is 16.4. The van der Waals surface area contributed by atoms with Crippen LogP contribution in [0.4, 0.5) is 0 Å². The van der Waals surface area contributed by atoms with E-state index in [0.717, 1.165) is 11.1 Å². The highest BCUT2D eigenvalue weighted by atomic mass is 35.5. The van der Waals surface area contributed by atoms with Gasteiger partial charge in [-0.25, -0.2) is 8.42 Å². The third-order valence-electron chi connectivity index (χ3n) is 2.96. The molecule has 108 valence electrons. The Kier molecular flexibility index (Phi) is 5.80. The summed E-state index contributed by atoms with van der Waals surface area (Å²) in [4.78, 5) is 2.29. The first-order valence-corrected chi connectivity index (χ1v) is 8.03. The fraction of sp³-hybridized carbons (Fsp3) is 0.538. The lowest BCUT2D eigenvalue weighted by atomic mass is 10.2. The van der Waals surface area contributed by atoms with Crippen LogP contribution in [0, 0.1) is 6.92 Å². The molecule has 0 aliphatic rings. The zero-order valence-corrected chi connectivity index (χ0v) is 13.4. The van der Waals surface area contributed by atoms with Gasteiger partial charge in [-0.15, -0.1) is 11.6 Å². The van der Waals surface area contributed by atoms with Crippen LogP contribution in [0.25, 0.3) is 0 Å². The van der Waals surface area contributed by atoms with E-state index in [1.165, 1.54) is 4.31 Å². The van der Waals surface area contributed by atoms with Crippen molar-refractivity contribution in [2.45, 2.75) is 17.7 Å². The van der Waals surface area contributed by atoms with Crippen molar-refractivity contribution in [1.29, 1.82) is 0 Å². The molecule has 0 bridgehead atoms. The summed E-state index contributed by atoms with van der Waals surface area (Å²) in [6.45, 7) is 2.94. The Balaban J connectivity index is 3.05. The van der Waals surface area contributed by atoms with Crippen LogP contribution in [0.15, 0.2) is 23.1 Å². The molecular weight excluding hydrogens is 284 g/mol. The number of alkyl halides is 1. The van der Waals surface area contributed by atoms with Crippen LogP contribution in [0.1, 0.15) is 11.1 Å². The molecule has 0 atom stereocenters. The predicted molar refractivity (Wildman–Crippen MR) is 79.1 cm³/mol. The van der Waals surface area contributed by atoms with Gasteiger partial charge in [0.05, 0.1) is 4.90 Å². The lowest BCUT2D eigenvalue weighted by molar-refractivity contribution is 0.358. The van der Waals surface area contributed by atoms with Crippen molar-refractivity contribution in [2.75, 3.05) is 34.2 Å². The Morgan fingerprint density at radius 1 is 1.16 bits per heavy atom. The van der Waals surface area contributed by atoms with Crippen molar-refractivity contribution in [2.24, 2.45) is 0 Å². The van der Waals surface area contributed by atoms with Crippen molar-refractivity contribution >= 4 is 21.6 Å². The van der Waals surface area contributed by atoms with Crippen molar-refractivity contribution < 1.29 is 8.42 Å². The summed E-state index contributed by atoms with van der Waals surface area (Å²) < 4.78 is 26.4. The molecule has 0 N–H and O–H groups in total. The minimum atomic E-state index is -3.45. The maximum atomic E-state index is 12.5. The van der Waals surface area contributed by atoms with Gasteiger partial charge in [-0.05, 0) is 38.2 Å². The lowest BCUT2D eigenvalue weighted by Crippen LogP contribution is -2.33. The number of benzene rings is 1. The molecule has 0 heterocycles. The molecule has 0 radical (unpaired) electrons. The second-order valence-electron chi connectivity index (χ2n) is 4.86. The quantitative estimate of drug-likeness (QED) is 0.754. The van der Waals surface area contributed by atoms with Gasteiger partial charge in [-0.3, -0.25) is 0 Å². The van der Waals surface area contributed by atoms with Crippen LogP contribution in [0.5, 0.6) is 0 Å². The standard InChI is InChI=1S/C13H21ClN2O2S/c1-11-5-6-12(10-14)9-13(11)19(17,18)16(4)8-7-15(2)3/h5-6,9H,7-8,10H2,1-4H3. The van der Waals surface area contributed by atoms with Crippen LogP contribution < -0.4 is 0 Å². The van der Waals surface area contributed by atoms with Crippen molar-refractivity contribution in [3.63, 3.8) is 0 Å². The third kappa shape index (κ3) is 4.18. The van der Waals surface area contributed by atoms with E-state index in [-0.39, 0.29) is 0 Å². The Labute approximate surface area is 121 Å². The molecule has 0 aliphatic carbocycles. The average molecular weight is 305 g/mol. The number of halogens is 1. The maximum absolute atomic E-state index is 12.5. The Morgan fingerprint density at radius 3 is 2.32 bits per heavy atom. The molecule has 0 amide bonds. The average Bonchev–Trinajstić information content (AvgIpc) is 2.36. The molecule has 19 heavy (non-hydrogen) atoms. The molecule has 0 fully saturated rings. The summed E-state index contributed by atoms with van der Waals surface area (Å²) >= 11 is 5.77. The predicted octanol–water partition coefficient (Wildman–Crippen LogP) is 1.92. The van der Waals surface area contributed by atoms with Crippen LogP contribution in [-0.4, -0.2) is 51.9 Å². The van der Waals surface area contributed by atoms with E-state index in [4.69, 9.17) is 11.6 Å². The van der Waals surface area contributed by atoms with Gasteiger partial charge >= 0.3 is 0 Å². The number of likely N-dealkylation sites (N-methyl/N-ethyl adjacent to an activating group) is 2.